The lowest BCUT2D eigenvalue weighted by atomic mass is 9.89. The van der Waals surface area contributed by atoms with Gasteiger partial charge < -0.3 is 0 Å². The molecule has 1 saturated heterocycles. The normalized spacial score (nSPS) is 22.7. The maximum Gasteiger partial charge on any atom is 0.132 e. The Hall–Kier alpha value is -2.44. The summed E-state index contributed by atoms with van der Waals surface area (Å²) in [7, 11) is -2.11. The average Bonchev–Trinajstić information content (AvgIpc) is 3.34. The van der Waals surface area contributed by atoms with Gasteiger partial charge in [0.25, 0.3) is 0 Å². The second-order valence-corrected chi connectivity index (χ2v) is 15.9. The van der Waals surface area contributed by atoms with E-state index in [2.05, 4.69) is 46.9 Å². The quantitative estimate of drug-likeness (QED) is 0.228. The summed E-state index contributed by atoms with van der Waals surface area (Å²) in [6.45, 7) is 0.815. The molecule has 1 nitrogen and oxygen atoms in total. The van der Waals surface area contributed by atoms with E-state index in [9.17, 15) is 0 Å². The summed E-state index contributed by atoms with van der Waals surface area (Å²) in [5.41, 5.74) is 8.13. The molecule has 1 fully saturated rings. The summed E-state index contributed by atoms with van der Waals surface area (Å²) < 4.78 is 33.8. The monoisotopic (exact) mass is 555 g/mol. The first-order valence-electron chi connectivity index (χ1n) is 14.2. The second-order valence-electron chi connectivity index (χ2n) is 11.0. The molecular formula is C34H33F2NP2. The summed E-state index contributed by atoms with van der Waals surface area (Å²) in [5, 5.41) is 1.28. The van der Waals surface area contributed by atoms with E-state index in [4.69, 9.17) is 0 Å². The van der Waals surface area contributed by atoms with Crippen molar-refractivity contribution in [2.24, 2.45) is 0 Å². The van der Waals surface area contributed by atoms with Crippen LogP contribution < -0.4 is 10.6 Å². The van der Waals surface area contributed by atoms with Gasteiger partial charge >= 0.3 is 0 Å². The number of rotatable bonds is 4. The molecule has 0 bridgehead atoms. The third-order valence-electron chi connectivity index (χ3n) is 8.76. The average molecular weight is 556 g/mol. The Morgan fingerprint density at radius 1 is 0.641 bits per heavy atom. The fraction of sp³-hybridized carbons (Fsp3) is 0.294. The van der Waals surface area contributed by atoms with Crippen molar-refractivity contribution in [3.63, 3.8) is 0 Å². The topological polar surface area (TPSA) is 3.24 Å². The summed E-state index contributed by atoms with van der Waals surface area (Å²) in [4.78, 5) is 0. The molecule has 4 aromatic rings. The van der Waals surface area contributed by atoms with Gasteiger partial charge in [-0.2, -0.15) is 0 Å². The number of hydrogen-bond donors (Lipinski definition) is 0. The molecule has 3 atom stereocenters. The van der Waals surface area contributed by atoms with Crippen molar-refractivity contribution in [3.05, 3.63) is 130 Å². The standard InChI is InChI=1S/C34H33F2NP2/c35-29-13-5-7-15-33(29)39(34-16-8-6-14-30(34)36)37-22-21-25-10-3-4-12-28(25)32-20-19-31(38(32)37)27-18-17-24-9-1-2-11-26(24)23-27/h3-8,10,12-18,23,31-32H,1-2,9,11,19-22H2/t31-,32-,38?/m0/s1. The molecule has 0 amide bonds. The first kappa shape index (κ1) is 25.5. The van der Waals surface area contributed by atoms with Gasteiger partial charge in [-0.3, -0.25) is 4.44 Å². The molecular weight excluding hydrogens is 522 g/mol. The van der Waals surface area contributed by atoms with Crippen LogP contribution in [-0.4, -0.2) is 11.0 Å². The Morgan fingerprint density at radius 2 is 1.28 bits per heavy atom. The Balaban J connectivity index is 1.40. The van der Waals surface area contributed by atoms with Crippen molar-refractivity contribution >= 4 is 26.8 Å². The molecule has 39 heavy (non-hydrogen) atoms. The maximum atomic E-state index is 15.6. The van der Waals surface area contributed by atoms with E-state index in [1.165, 1.54) is 53.5 Å². The zero-order chi connectivity index (χ0) is 26.3. The van der Waals surface area contributed by atoms with Crippen LogP contribution in [0, 0.1) is 11.6 Å². The number of hydrogen-bond acceptors (Lipinski definition) is 1. The second kappa shape index (κ2) is 10.9. The molecule has 2 heterocycles. The minimum Gasteiger partial charge on any atom is -0.251 e. The van der Waals surface area contributed by atoms with E-state index >= 15 is 8.78 Å². The Labute approximate surface area is 232 Å². The van der Waals surface area contributed by atoms with Gasteiger partial charge in [-0.15, -0.1) is 0 Å². The largest absolute Gasteiger partial charge is 0.251 e. The molecule has 0 N–H and O–H groups in total. The molecule has 5 heteroatoms. The molecule has 0 spiro atoms. The zero-order valence-electron chi connectivity index (χ0n) is 22.1. The summed E-state index contributed by atoms with van der Waals surface area (Å²) in [6.07, 6.45) is 8.05. The number of fused-ring (bicyclic) bond motifs is 4. The van der Waals surface area contributed by atoms with Crippen LogP contribution in [0.15, 0.2) is 91.0 Å². The van der Waals surface area contributed by atoms with Crippen molar-refractivity contribution in [2.45, 2.75) is 56.3 Å². The van der Waals surface area contributed by atoms with Gasteiger partial charge in [0.2, 0.25) is 0 Å². The van der Waals surface area contributed by atoms with Gasteiger partial charge in [-0.05, 0) is 105 Å². The Morgan fingerprint density at radius 3 is 2.03 bits per heavy atom. The van der Waals surface area contributed by atoms with Gasteiger partial charge in [0.05, 0.1) is 0 Å². The van der Waals surface area contributed by atoms with Crippen LogP contribution in [0.2, 0.25) is 0 Å². The summed E-state index contributed by atoms with van der Waals surface area (Å²) in [5.74, 6) is -0.464. The fourth-order valence-corrected chi connectivity index (χ4v) is 14.4. The predicted octanol–water partition coefficient (Wildman–Crippen LogP) is 8.72. The van der Waals surface area contributed by atoms with Crippen LogP contribution in [0.25, 0.3) is 0 Å². The van der Waals surface area contributed by atoms with Crippen molar-refractivity contribution < 1.29 is 8.78 Å². The molecule has 7 rings (SSSR count). The predicted molar refractivity (Wildman–Crippen MR) is 161 cm³/mol. The molecule has 1 aliphatic carbocycles. The minimum absolute atomic E-state index is 0.232. The molecule has 0 radical (unpaired) electrons. The van der Waals surface area contributed by atoms with Crippen molar-refractivity contribution in [3.8, 4) is 0 Å². The van der Waals surface area contributed by atoms with E-state index < -0.39 is 16.1 Å². The highest BCUT2D eigenvalue weighted by Gasteiger charge is 2.47. The van der Waals surface area contributed by atoms with Crippen LogP contribution in [-0.2, 0) is 19.3 Å². The van der Waals surface area contributed by atoms with E-state index in [1.807, 2.05) is 24.3 Å². The van der Waals surface area contributed by atoms with Crippen LogP contribution in [0.4, 0.5) is 8.78 Å². The molecule has 4 aromatic carbocycles. The first-order valence-corrected chi connectivity index (χ1v) is 17.0. The lowest BCUT2D eigenvalue weighted by molar-refractivity contribution is 0.629. The fourth-order valence-electron chi connectivity index (χ4n) is 6.95. The molecule has 2 aliphatic heterocycles. The lowest BCUT2D eigenvalue weighted by Gasteiger charge is -2.41. The van der Waals surface area contributed by atoms with Gasteiger partial charge in [-0.1, -0.05) is 66.7 Å². The number of halogens is 2. The smallest absolute Gasteiger partial charge is 0.132 e. The van der Waals surface area contributed by atoms with Crippen molar-refractivity contribution in [1.29, 1.82) is 0 Å². The number of aryl methyl sites for hydroxylation is 2. The van der Waals surface area contributed by atoms with E-state index in [0.717, 1.165) is 25.8 Å². The Bertz CT molecular complexity index is 1460. The summed E-state index contributed by atoms with van der Waals surface area (Å²) >= 11 is 0. The van der Waals surface area contributed by atoms with Gasteiger partial charge in [0, 0.05) is 36.5 Å². The minimum atomic E-state index is -1.38. The first-order chi connectivity index (χ1) is 19.2. The highest BCUT2D eigenvalue weighted by atomic mass is 31.2. The lowest BCUT2D eigenvalue weighted by Crippen LogP contribution is -2.30. The Kier molecular flexibility index (Phi) is 7.10. The van der Waals surface area contributed by atoms with Crippen LogP contribution in [0.3, 0.4) is 0 Å². The maximum absolute atomic E-state index is 15.6. The van der Waals surface area contributed by atoms with E-state index in [-0.39, 0.29) is 11.6 Å². The third-order valence-corrected chi connectivity index (χ3v) is 15.3. The highest BCUT2D eigenvalue weighted by molar-refractivity contribution is 7.79. The van der Waals surface area contributed by atoms with Crippen molar-refractivity contribution in [1.82, 2.24) is 4.44 Å². The SMILES string of the molecule is Fc1ccccc1P(c1ccccc1F)N1CCc2ccccc2[C@@H]2CC[C@@H](c3ccc4c(c3)CCCC4)P21. The van der Waals surface area contributed by atoms with Crippen LogP contribution >= 0.6 is 16.1 Å². The summed E-state index contributed by atoms with van der Waals surface area (Å²) in [6, 6.07) is 30.3. The highest BCUT2D eigenvalue weighted by Crippen LogP contribution is 2.77. The van der Waals surface area contributed by atoms with Crippen LogP contribution in [0.5, 0.6) is 0 Å². The molecule has 3 aliphatic rings. The van der Waals surface area contributed by atoms with E-state index in [0.29, 0.717) is 21.9 Å². The van der Waals surface area contributed by atoms with E-state index in [1.54, 1.807) is 24.3 Å². The van der Waals surface area contributed by atoms with Crippen LogP contribution in [0.1, 0.15) is 64.8 Å². The molecule has 1 unspecified atom stereocenters. The molecule has 0 aromatic heterocycles. The number of benzene rings is 4. The zero-order valence-corrected chi connectivity index (χ0v) is 23.9. The van der Waals surface area contributed by atoms with Gasteiger partial charge in [0.1, 0.15) is 11.6 Å². The molecule has 198 valence electrons. The third kappa shape index (κ3) is 4.67. The van der Waals surface area contributed by atoms with Gasteiger partial charge in [0.15, 0.2) is 0 Å². The molecule has 0 saturated carbocycles. The number of nitrogens with zero attached hydrogens (tertiary/aromatic N) is 1. The van der Waals surface area contributed by atoms with Crippen molar-refractivity contribution in [2.75, 3.05) is 6.54 Å². The van der Waals surface area contributed by atoms with Gasteiger partial charge in [-0.25, -0.2) is 8.78 Å².